The Balaban J connectivity index is 0.00000210. The molecule has 0 spiro atoms. The number of rotatable bonds is 6. The first kappa shape index (κ1) is 20.5. The van der Waals surface area contributed by atoms with Gasteiger partial charge in [-0.05, 0) is 38.0 Å². The first-order chi connectivity index (χ1) is 12.7. The van der Waals surface area contributed by atoms with Crippen LogP contribution in [-0.4, -0.2) is 59.2 Å². The molecule has 0 radical (unpaired) electrons. The molecule has 3 heterocycles. The lowest BCUT2D eigenvalue weighted by molar-refractivity contribution is 0.0405. The minimum absolute atomic E-state index is 0. The second kappa shape index (κ2) is 9.30. The van der Waals surface area contributed by atoms with E-state index in [0.717, 1.165) is 57.8 Å². The molecule has 0 aromatic carbocycles. The topological polar surface area (TPSA) is 67.3 Å². The molecule has 3 aliphatic rings. The molecular formula is C20H31ClN4O2. The van der Waals surface area contributed by atoms with Gasteiger partial charge in [-0.25, -0.2) is 9.97 Å². The van der Waals surface area contributed by atoms with E-state index in [4.69, 9.17) is 4.74 Å². The molecule has 0 unspecified atom stereocenters. The second-order valence-electron chi connectivity index (χ2n) is 8.03. The van der Waals surface area contributed by atoms with Gasteiger partial charge in [-0.3, -0.25) is 9.69 Å². The molecule has 4 rings (SSSR count). The number of carbonyl (C=O) groups is 1. The quantitative estimate of drug-likeness (QED) is 0.803. The van der Waals surface area contributed by atoms with Crippen LogP contribution in [-0.2, 0) is 4.74 Å². The van der Waals surface area contributed by atoms with Gasteiger partial charge >= 0.3 is 0 Å². The number of ether oxygens (including phenoxy) is 1. The van der Waals surface area contributed by atoms with Crippen LogP contribution in [0.15, 0.2) is 12.4 Å². The average molecular weight is 395 g/mol. The smallest absolute Gasteiger partial charge is 0.254 e. The minimum atomic E-state index is -0.0349. The van der Waals surface area contributed by atoms with E-state index in [9.17, 15) is 4.79 Å². The Kier molecular flexibility index (Phi) is 7.06. The van der Waals surface area contributed by atoms with Crippen molar-refractivity contribution in [3.8, 4) is 0 Å². The van der Waals surface area contributed by atoms with Gasteiger partial charge in [0.2, 0.25) is 0 Å². The maximum atomic E-state index is 12.7. The summed E-state index contributed by atoms with van der Waals surface area (Å²) in [7, 11) is 0. The molecule has 2 atom stereocenters. The van der Waals surface area contributed by atoms with Gasteiger partial charge in [-0.1, -0.05) is 13.3 Å². The van der Waals surface area contributed by atoms with Gasteiger partial charge in [0.25, 0.3) is 5.91 Å². The van der Waals surface area contributed by atoms with E-state index in [1.165, 1.54) is 12.8 Å². The van der Waals surface area contributed by atoms with Crippen LogP contribution in [0.4, 0.5) is 0 Å². The molecule has 1 amide bonds. The molecule has 1 aromatic rings. The molecule has 1 aliphatic carbocycles. The van der Waals surface area contributed by atoms with Crippen LogP contribution < -0.4 is 5.32 Å². The first-order valence-corrected chi connectivity index (χ1v) is 10.2. The van der Waals surface area contributed by atoms with Gasteiger partial charge in [-0.2, -0.15) is 0 Å². The molecule has 2 aliphatic heterocycles. The SMILES string of the molecule is CCC[C@H]1CN(C2CCOCC2)C[C@@H]1NC(=O)c1cnc(C2CC2)nc1.Cl. The Hall–Kier alpha value is -1.24. The highest BCUT2D eigenvalue weighted by Gasteiger charge is 2.37. The van der Waals surface area contributed by atoms with Gasteiger partial charge in [0.1, 0.15) is 5.82 Å². The van der Waals surface area contributed by atoms with E-state index in [2.05, 4.69) is 27.1 Å². The number of halogens is 1. The summed E-state index contributed by atoms with van der Waals surface area (Å²) >= 11 is 0. The maximum Gasteiger partial charge on any atom is 0.254 e. The van der Waals surface area contributed by atoms with Crippen molar-refractivity contribution in [2.75, 3.05) is 26.3 Å². The zero-order valence-corrected chi connectivity index (χ0v) is 16.9. The zero-order chi connectivity index (χ0) is 17.9. The van der Waals surface area contributed by atoms with Gasteiger partial charge in [-0.15, -0.1) is 12.4 Å². The highest BCUT2D eigenvalue weighted by atomic mass is 35.5. The Morgan fingerprint density at radius 1 is 1.19 bits per heavy atom. The molecule has 27 heavy (non-hydrogen) atoms. The van der Waals surface area contributed by atoms with Crippen LogP contribution in [0.1, 0.15) is 67.5 Å². The second-order valence-corrected chi connectivity index (χ2v) is 8.03. The van der Waals surface area contributed by atoms with Crippen molar-refractivity contribution >= 4 is 18.3 Å². The third kappa shape index (κ3) is 4.98. The van der Waals surface area contributed by atoms with Gasteiger partial charge in [0.05, 0.1) is 5.56 Å². The summed E-state index contributed by atoms with van der Waals surface area (Å²) in [4.78, 5) is 24.0. The van der Waals surface area contributed by atoms with E-state index in [1.54, 1.807) is 12.4 Å². The average Bonchev–Trinajstić information content (AvgIpc) is 3.46. The Bertz CT molecular complexity index is 617. The summed E-state index contributed by atoms with van der Waals surface area (Å²) in [6, 6.07) is 0.819. The van der Waals surface area contributed by atoms with Crippen molar-refractivity contribution in [3.05, 3.63) is 23.8 Å². The Morgan fingerprint density at radius 3 is 2.52 bits per heavy atom. The van der Waals surface area contributed by atoms with E-state index in [1.807, 2.05) is 0 Å². The van der Waals surface area contributed by atoms with Crippen molar-refractivity contribution in [1.82, 2.24) is 20.2 Å². The van der Waals surface area contributed by atoms with Crippen LogP contribution in [0, 0.1) is 5.92 Å². The lowest BCUT2D eigenvalue weighted by Gasteiger charge is -2.31. The highest BCUT2D eigenvalue weighted by Crippen LogP contribution is 2.37. The molecule has 6 nitrogen and oxygen atoms in total. The molecule has 2 saturated heterocycles. The fourth-order valence-corrected chi connectivity index (χ4v) is 4.34. The van der Waals surface area contributed by atoms with Gasteiger partial charge in [0.15, 0.2) is 0 Å². The molecule has 1 aromatic heterocycles. The molecule has 1 N–H and O–H groups in total. The number of amides is 1. The molecule has 7 heteroatoms. The zero-order valence-electron chi connectivity index (χ0n) is 16.1. The van der Waals surface area contributed by atoms with Crippen molar-refractivity contribution < 1.29 is 9.53 Å². The van der Waals surface area contributed by atoms with Crippen molar-refractivity contribution in [2.45, 2.75) is 63.5 Å². The monoisotopic (exact) mass is 394 g/mol. The molecule has 150 valence electrons. The van der Waals surface area contributed by atoms with Crippen LogP contribution in [0.25, 0.3) is 0 Å². The van der Waals surface area contributed by atoms with Crippen molar-refractivity contribution in [2.24, 2.45) is 5.92 Å². The summed E-state index contributed by atoms with van der Waals surface area (Å²) in [6.07, 6.45) is 10.3. The lowest BCUT2D eigenvalue weighted by Crippen LogP contribution is -2.42. The fourth-order valence-electron chi connectivity index (χ4n) is 4.34. The molecule has 3 fully saturated rings. The number of hydrogen-bond donors (Lipinski definition) is 1. The summed E-state index contributed by atoms with van der Waals surface area (Å²) in [5.41, 5.74) is 0.578. The van der Waals surface area contributed by atoms with E-state index >= 15 is 0 Å². The maximum absolute atomic E-state index is 12.7. The van der Waals surface area contributed by atoms with E-state index in [0.29, 0.717) is 23.4 Å². The number of aromatic nitrogens is 2. The summed E-state index contributed by atoms with van der Waals surface area (Å²) in [5.74, 6) is 1.90. The summed E-state index contributed by atoms with van der Waals surface area (Å²) in [6.45, 7) is 5.98. The predicted molar refractivity (Wildman–Crippen MR) is 106 cm³/mol. The number of nitrogens with zero attached hydrogens (tertiary/aromatic N) is 3. The van der Waals surface area contributed by atoms with E-state index < -0.39 is 0 Å². The normalized spacial score (nSPS) is 26.6. The van der Waals surface area contributed by atoms with Crippen molar-refractivity contribution in [1.29, 1.82) is 0 Å². The number of carbonyl (C=O) groups excluding carboxylic acids is 1. The number of likely N-dealkylation sites (tertiary alicyclic amines) is 1. The third-order valence-corrected chi connectivity index (χ3v) is 6.03. The standard InChI is InChI=1S/C20H30N4O2.ClH/c1-2-3-15-12-24(17-6-8-26-9-7-17)13-18(15)23-20(25)16-10-21-19(22-11-16)14-4-5-14;/h10-11,14-15,17-18H,2-9,12-13H2,1H3,(H,23,25);1H/t15-,18-;/m0./s1. The van der Waals surface area contributed by atoms with Crippen LogP contribution in [0.2, 0.25) is 0 Å². The van der Waals surface area contributed by atoms with Crippen LogP contribution in [0.5, 0.6) is 0 Å². The first-order valence-electron chi connectivity index (χ1n) is 10.2. The van der Waals surface area contributed by atoms with E-state index in [-0.39, 0.29) is 24.4 Å². The third-order valence-electron chi connectivity index (χ3n) is 6.03. The fraction of sp³-hybridized carbons (Fsp3) is 0.750. The number of hydrogen-bond acceptors (Lipinski definition) is 5. The largest absolute Gasteiger partial charge is 0.381 e. The molecule has 1 saturated carbocycles. The van der Waals surface area contributed by atoms with Crippen LogP contribution in [0.3, 0.4) is 0 Å². The number of nitrogens with one attached hydrogen (secondary N) is 1. The Labute approximate surface area is 167 Å². The summed E-state index contributed by atoms with van der Waals surface area (Å²) < 4.78 is 5.50. The Morgan fingerprint density at radius 2 is 1.89 bits per heavy atom. The van der Waals surface area contributed by atoms with Crippen molar-refractivity contribution in [3.63, 3.8) is 0 Å². The molecular weight excluding hydrogens is 364 g/mol. The highest BCUT2D eigenvalue weighted by molar-refractivity contribution is 5.93. The minimum Gasteiger partial charge on any atom is -0.381 e. The summed E-state index contributed by atoms with van der Waals surface area (Å²) in [5, 5.41) is 3.27. The molecule has 0 bridgehead atoms. The lowest BCUT2D eigenvalue weighted by atomic mass is 9.98. The van der Waals surface area contributed by atoms with Gasteiger partial charge in [0, 0.05) is 56.7 Å². The predicted octanol–water partition coefficient (Wildman–Crippen LogP) is 2.79. The van der Waals surface area contributed by atoms with Crippen LogP contribution >= 0.6 is 12.4 Å². The van der Waals surface area contributed by atoms with Gasteiger partial charge < -0.3 is 10.1 Å².